The Labute approximate surface area is 111 Å². The monoisotopic (exact) mass is 247 g/mol. The molecular weight excluding hydrogens is 222 g/mol. The molecular formula is C16H25NO. The molecule has 1 N–H and O–H groups in total. The summed E-state index contributed by atoms with van der Waals surface area (Å²) >= 11 is 0. The van der Waals surface area contributed by atoms with Crippen LogP contribution in [0.1, 0.15) is 31.4 Å². The molecule has 1 aromatic carbocycles. The lowest BCUT2D eigenvalue weighted by Gasteiger charge is -2.24. The van der Waals surface area contributed by atoms with Gasteiger partial charge in [-0.25, -0.2) is 0 Å². The van der Waals surface area contributed by atoms with Crippen molar-refractivity contribution in [3.8, 4) is 0 Å². The number of benzene rings is 1. The zero-order valence-electron chi connectivity index (χ0n) is 11.5. The average molecular weight is 247 g/mol. The summed E-state index contributed by atoms with van der Waals surface area (Å²) in [5.41, 5.74) is 1.43. The second-order valence-corrected chi connectivity index (χ2v) is 4.76. The Hall–Kier alpha value is -1.12. The molecule has 100 valence electrons. The summed E-state index contributed by atoms with van der Waals surface area (Å²) in [4.78, 5) is 2.59. The van der Waals surface area contributed by atoms with E-state index in [1.807, 2.05) is 0 Å². The number of rotatable bonds is 4. The summed E-state index contributed by atoms with van der Waals surface area (Å²) in [5.74, 6) is 0.823. The molecule has 2 unspecified atom stereocenters. The highest BCUT2D eigenvalue weighted by molar-refractivity contribution is 5.18. The third kappa shape index (κ3) is 3.97. The molecule has 0 spiro atoms. The molecule has 18 heavy (non-hydrogen) atoms. The first kappa shape index (κ1) is 14.9. The Morgan fingerprint density at radius 2 is 2.06 bits per heavy atom. The van der Waals surface area contributed by atoms with Crippen LogP contribution in [0.3, 0.4) is 0 Å². The van der Waals surface area contributed by atoms with E-state index in [0.29, 0.717) is 6.04 Å². The zero-order valence-corrected chi connectivity index (χ0v) is 11.5. The van der Waals surface area contributed by atoms with E-state index in [4.69, 9.17) is 5.11 Å². The van der Waals surface area contributed by atoms with Crippen LogP contribution in [-0.4, -0.2) is 30.2 Å². The third-order valence-electron chi connectivity index (χ3n) is 3.65. The number of aliphatic hydroxyl groups excluding tert-OH is 1. The van der Waals surface area contributed by atoms with Crippen LogP contribution in [0.4, 0.5) is 0 Å². The van der Waals surface area contributed by atoms with Gasteiger partial charge in [-0.3, -0.25) is 4.90 Å². The SMILES string of the molecule is C=CCC1CCN(C(C)c2ccccc2)C1.CO. The minimum atomic E-state index is 0.552. The molecule has 0 amide bonds. The first-order valence-corrected chi connectivity index (χ1v) is 6.66. The summed E-state index contributed by atoms with van der Waals surface area (Å²) in [6, 6.07) is 11.3. The van der Waals surface area contributed by atoms with Crippen LogP contribution in [0, 0.1) is 5.92 Å². The minimum Gasteiger partial charge on any atom is -0.400 e. The van der Waals surface area contributed by atoms with Crippen molar-refractivity contribution in [1.82, 2.24) is 4.90 Å². The molecule has 2 rings (SSSR count). The highest BCUT2D eigenvalue weighted by Crippen LogP contribution is 2.28. The van der Waals surface area contributed by atoms with E-state index >= 15 is 0 Å². The maximum atomic E-state index is 7.00. The van der Waals surface area contributed by atoms with Crippen LogP contribution >= 0.6 is 0 Å². The second-order valence-electron chi connectivity index (χ2n) is 4.76. The Balaban J connectivity index is 0.000000771. The van der Waals surface area contributed by atoms with Gasteiger partial charge in [0.25, 0.3) is 0 Å². The molecule has 0 radical (unpaired) electrons. The van der Waals surface area contributed by atoms with Crippen molar-refractivity contribution < 1.29 is 5.11 Å². The molecule has 1 saturated heterocycles. The normalized spacial score (nSPS) is 20.9. The fourth-order valence-electron chi connectivity index (χ4n) is 2.58. The summed E-state index contributed by atoms with van der Waals surface area (Å²) < 4.78 is 0. The standard InChI is InChI=1S/C15H21N.CH4O/c1-3-7-14-10-11-16(12-14)13(2)15-8-5-4-6-9-15;1-2/h3-6,8-9,13-14H,1,7,10-12H2,2H3;2H,1H3. The van der Waals surface area contributed by atoms with Gasteiger partial charge in [-0.15, -0.1) is 6.58 Å². The molecule has 0 saturated carbocycles. The van der Waals surface area contributed by atoms with Crippen LogP contribution in [-0.2, 0) is 0 Å². The van der Waals surface area contributed by atoms with Crippen molar-refractivity contribution in [2.24, 2.45) is 5.92 Å². The molecule has 1 aromatic rings. The van der Waals surface area contributed by atoms with Gasteiger partial charge in [0, 0.05) is 19.7 Å². The van der Waals surface area contributed by atoms with E-state index in [1.54, 1.807) is 0 Å². The van der Waals surface area contributed by atoms with Gasteiger partial charge in [-0.2, -0.15) is 0 Å². The number of likely N-dealkylation sites (tertiary alicyclic amines) is 1. The first-order valence-electron chi connectivity index (χ1n) is 6.66. The van der Waals surface area contributed by atoms with E-state index in [0.717, 1.165) is 19.4 Å². The van der Waals surface area contributed by atoms with Gasteiger partial charge in [0.1, 0.15) is 0 Å². The van der Waals surface area contributed by atoms with Gasteiger partial charge in [-0.1, -0.05) is 36.4 Å². The summed E-state index contributed by atoms with van der Waals surface area (Å²) in [7, 11) is 1.00. The van der Waals surface area contributed by atoms with Gasteiger partial charge < -0.3 is 5.11 Å². The molecule has 1 fully saturated rings. The Morgan fingerprint density at radius 1 is 1.39 bits per heavy atom. The van der Waals surface area contributed by atoms with Crippen LogP contribution in [0.5, 0.6) is 0 Å². The quantitative estimate of drug-likeness (QED) is 0.826. The Kier molecular flexibility index (Phi) is 6.69. The largest absolute Gasteiger partial charge is 0.400 e. The lowest BCUT2D eigenvalue weighted by atomic mass is 10.1. The molecule has 0 aliphatic carbocycles. The van der Waals surface area contributed by atoms with Crippen molar-refractivity contribution >= 4 is 0 Å². The van der Waals surface area contributed by atoms with Crippen LogP contribution in [0.15, 0.2) is 43.0 Å². The number of allylic oxidation sites excluding steroid dienone is 1. The molecule has 1 aliphatic rings. The van der Waals surface area contributed by atoms with Crippen molar-refractivity contribution in [2.75, 3.05) is 20.2 Å². The number of aliphatic hydroxyl groups is 1. The summed E-state index contributed by atoms with van der Waals surface area (Å²) in [6.07, 6.45) is 4.54. The first-order chi connectivity index (χ1) is 8.81. The van der Waals surface area contributed by atoms with E-state index in [1.165, 1.54) is 25.1 Å². The highest BCUT2D eigenvalue weighted by Gasteiger charge is 2.25. The summed E-state index contributed by atoms with van der Waals surface area (Å²) in [5, 5.41) is 7.00. The van der Waals surface area contributed by atoms with E-state index < -0.39 is 0 Å². The van der Waals surface area contributed by atoms with Crippen molar-refractivity contribution in [1.29, 1.82) is 0 Å². The Morgan fingerprint density at radius 3 is 2.67 bits per heavy atom. The molecule has 1 aliphatic heterocycles. The topological polar surface area (TPSA) is 23.5 Å². The zero-order chi connectivity index (χ0) is 13.4. The molecule has 0 bridgehead atoms. The molecule has 2 heteroatoms. The van der Waals surface area contributed by atoms with Gasteiger partial charge >= 0.3 is 0 Å². The van der Waals surface area contributed by atoms with E-state index in [-0.39, 0.29) is 0 Å². The van der Waals surface area contributed by atoms with Crippen molar-refractivity contribution in [3.63, 3.8) is 0 Å². The number of hydrogen-bond acceptors (Lipinski definition) is 2. The molecule has 2 atom stereocenters. The van der Waals surface area contributed by atoms with Gasteiger partial charge in [-0.05, 0) is 37.8 Å². The average Bonchev–Trinajstić information content (AvgIpc) is 2.90. The third-order valence-corrected chi connectivity index (χ3v) is 3.65. The second kappa shape index (κ2) is 8.06. The predicted molar refractivity (Wildman–Crippen MR) is 77.5 cm³/mol. The fraction of sp³-hybridized carbons (Fsp3) is 0.500. The van der Waals surface area contributed by atoms with Crippen LogP contribution < -0.4 is 0 Å². The van der Waals surface area contributed by atoms with Crippen molar-refractivity contribution in [2.45, 2.75) is 25.8 Å². The fourth-order valence-corrected chi connectivity index (χ4v) is 2.58. The highest BCUT2D eigenvalue weighted by atomic mass is 16.2. The maximum absolute atomic E-state index is 7.00. The lowest BCUT2D eigenvalue weighted by Crippen LogP contribution is -2.24. The smallest absolute Gasteiger partial charge is 0.0319 e. The molecule has 0 aromatic heterocycles. The minimum absolute atomic E-state index is 0.552. The summed E-state index contributed by atoms with van der Waals surface area (Å²) in [6.45, 7) is 8.60. The van der Waals surface area contributed by atoms with Crippen LogP contribution in [0.25, 0.3) is 0 Å². The van der Waals surface area contributed by atoms with E-state index in [2.05, 4.69) is 54.8 Å². The number of nitrogens with zero attached hydrogens (tertiary/aromatic N) is 1. The van der Waals surface area contributed by atoms with Gasteiger partial charge in [0.2, 0.25) is 0 Å². The lowest BCUT2D eigenvalue weighted by molar-refractivity contribution is 0.253. The molecule has 2 nitrogen and oxygen atoms in total. The Bertz CT molecular complexity index is 336. The number of hydrogen-bond donors (Lipinski definition) is 1. The molecule has 1 heterocycles. The van der Waals surface area contributed by atoms with Crippen molar-refractivity contribution in [3.05, 3.63) is 48.6 Å². The van der Waals surface area contributed by atoms with Crippen LogP contribution in [0.2, 0.25) is 0 Å². The maximum Gasteiger partial charge on any atom is 0.0319 e. The van der Waals surface area contributed by atoms with Gasteiger partial charge in [0.15, 0.2) is 0 Å². The van der Waals surface area contributed by atoms with Gasteiger partial charge in [0.05, 0.1) is 0 Å². The van der Waals surface area contributed by atoms with E-state index in [9.17, 15) is 0 Å². The predicted octanol–water partition coefficient (Wildman–Crippen LogP) is 3.25.